The van der Waals surface area contributed by atoms with Gasteiger partial charge in [0.25, 0.3) is 5.91 Å². The fourth-order valence-electron chi connectivity index (χ4n) is 2.62. The second-order valence-corrected chi connectivity index (χ2v) is 6.04. The number of amides is 3. The van der Waals surface area contributed by atoms with Crippen LogP contribution < -0.4 is 5.32 Å². The molecule has 1 N–H and O–H groups in total. The van der Waals surface area contributed by atoms with Gasteiger partial charge in [0.1, 0.15) is 0 Å². The number of urea groups is 1. The molecule has 1 aliphatic rings. The molecule has 1 unspecified atom stereocenters. The molecule has 1 atom stereocenters. The van der Waals surface area contributed by atoms with E-state index >= 15 is 0 Å². The first-order chi connectivity index (χ1) is 11.2. The van der Waals surface area contributed by atoms with Gasteiger partial charge in [-0.25, -0.2) is 4.79 Å². The van der Waals surface area contributed by atoms with Crippen molar-refractivity contribution < 1.29 is 22.8 Å². The monoisotopic (exact) mass is 343 g/mol. The topological polar surface area (TPSA) is 52.7 Å². The highest BCUT2D eigenvalue weighted by Gasteiger charge is 2.42. The zero-order chi connectivity index (χ0) is 17.9. The van der Waals surface area contributed by atoms with Crippen molar-refractivity contribution in [1.29, 1.82) is 0 Å². The van der Waals surface area contributed by atoms with E-state index in [4.69, 9.17) is 0 Å². The lowest BCUT2D eigenvalue weighted by Gasteiger charge is -2.33. The van der Waals surface area contributed by atoms with Crippen LogP contribution in [0.4, 0.5) is 23.7 Å². The molecule has 0 aromatic heterocycles. The van der Waals surface area contributed by atoms with E-state index < -0.39 is 18.1 Å². The zero-order valence-electron chi connectivity index (χ0n) is 13.6. The number of carbonyl (C=O) groups is 2. The molecule has 5 nitrogen and oxygen atoms in total. The predicted octanol–water partition coefficient (Wildman–Crippen LogP) is 3.19. The SMILES string of the molecule is CN(C)C(=O)c1cccc(NC(=O)N2CCCC(C(F)(F)F)C2)c1. The van der Waals surface area contributed by atoms with Gasteiger partial charge in [-0.3, -0.25) is 4.79 Å². The number of hydrogen-bond donors (Lipinski definition) is 1. The molecule has 0 bridgehead atoms. The van der Waals surface area contributed by atoms with Gasteiger partial charge in [0.05, 0.1) is 5.92 Å². The summed E-state index contributed by atoms with van der Waals surface area (Å²) in [7, 11) is 3.22. The molecule has 0 aliphatic carbocycles. The van der Waals surface area contributed by atoms with Crippen LogP contribution in [0.2, 0.25) is 0 Å². The second kappa shape index (κ2) is 7.11. The van der Waals surface area contributed by atoms with Crippen molar-refractivity contribution in [3.8, 4) is 0 Å². The normalized spacial score (nSPS) is 18.2. The average molecular weight is 343 g/mol. The van der Waals surface area contributed by atoms with Gasteiger partial charge in [0, 0.05) is 38.4 Å². The van der Waals surface area contributed by atoms with Crippen molar-refractivity contribution in [1.82, 2.24) is 9.80 Å². The summed E-state index contributed by atoms with van der Waals surface area (Å²) in [5.74, 6) is -1.71. The summed E-state index contributed by atoms with van der Waals surface area (Å²) in [5, 5.41) is 2.57. The van der Waals surface area contributed by atoms with Crippen molar-refractivity contribution in [3.05, 3.63) is 29.8 Å². The number of piperidine rings is 1. The lowest BCUT2D eigenvalue weighted by atomic mass is 9.98. The molecule has 1 aliphatic heterocycles. The van der Waals surface area contributed by atoms with E-state index in [1.54, 1.807) is 32.3 Å². The highest BCUT2D eigenvalue weighted by atomic mass is 19.4. The third-order valence-corrected chi connectivity index (χ3v) is 3.94. The van der Waals surface area contributed by atoms with E-state index in [0.29, 0.717) is 17.7 Å². The Bertz CT molecular complexity index is 617. The van der Waals surface area contributed by atoms with E-state index in [9.17, 15) is 22.8 Å². The maximum atomic E-state index is 12.8. The Balaban J connectivity index is 2.04. The first kappa shape index (κ1) is 18.1. The van der Waals surface area contributed by atoms with Gasteiger partial charge in [-0.05, 0) is 31.0 Å². The molecular formula is C16H20F3N3O2. The summed E-state index contributed by atoms with van der Waals surface area (Å²) in [5.41, 5.74) is 0.770. The lowest BCUT2D eigenvalue weighted by molar-refractivity contribution is -0.183. The first-order valence-electron chi connectivity index (χ1n) is 7.63. The van der Waals surface area contributed by atoms with Crippen LogP contribution in [0.25, 0.3) is 0 Å². The molecule has 1 saturated heterocycles. The average Bonchev–Trinajstić information content (AvgIpc) is 2.53. The van der Waals surface area contributed by atoms with Crippen LogP contribution in [0.5, 0.6) is 0 Å². The fourth-order valence-corrected chi connectivity index (χ4v) is 2.62. The first-order valence-corrected chi connectivity index (χ1v) is 7.63. The van der Waals surface area contributed by atoms with Crippen LogP contribution in [-0.2, 0) is 0 Å². The Morgan fingerprint density at radius 3 is 2.62 bits per heavy atom. The third kappa shape index (κ3) is 4.39. The molecule has 3 amide bonds. The van der Waals surface area contributed by atoms with Crippen molar-refractivity contribution in [2.45, 2.75) is 19.0 Å². The Morgan fingerprint density at radius 1 is 1.29 bits per heavy atom. The molecule has 24 heavy (non-hydrogen) atoms. The third-order valence-electron chi connectivity index (χ3n) is 3.94. The number of benzene rings is 1. The predicted molar refractivity (Wildman–Crippen MR) is 83.8 cm³/mol. The van der Waals surface area contributed by atoms with E-state index in [1.165, 1.54) is 15.9 Å². The molecular weight excluding hydrogens is 323 g/mol. The molecule has 1 heterocycles. The number of rotatable bonds is 2. The van der Waals surface area contributed by atoms with Crippen LogP contribution in [0, 0.1) is 5.92 Å². The molecule has 0 spiro atoms. The van der Waals surface area contributed by atoms with Gasteiger partial charge in [-0.15, -0.1) is 0 Å². The fraction of sp³-hybridized carbons (Fsp3) is 0.500. The van der Waals surface area contributed by atoms with Gasteiger partial charge in [-0.2, -0.15) is 13.2 Å². The number of hydrogen-bond acceptors (Lipinski definition) is 2. The summed E-state index contributed by atoms with van der Waals surface area (Å²) < 4.78 is 38.5. The highest BCUT2D eigenvalue weighted by Crippen LogP contribution is 2.33. The van der Waals surface area contributed by atoms with Gasteiger partial charge in [0.2, 0.25) is 0 Å². The Kier molecular flexibility index (Phi) is 5.36. The second-order valence-electron chi connectivity index (χ2n) is 6.04. The summed E-state index contributed by atoms with van der Waals surface area (Å²) in [6.07, 6.45) is -3.94. The number of anilines is 1. The minimum atomic E-state index is -4.29. The number of nitrogens with zero attached hydrogens (tertiary/aromatic N) is 2. The Morgan fingerprint density at radius 2 is 2.00 bits per heavy atom. The Hall–Kier alpha value is -2.25. The van der Waals surface area contributed by atoms with Crippen molar-refractivity contribution >= 4 is 17.6 Å². The van der Waals surface area contributed by atoms with Crippen molar-refractivity contribution in [2.24, 2.45) is 5.92 Å². The van der Waals surface area contributed by atoms with Crippen LogP contribution in [0.15, 0.2) is 24.3 Å². The number of nitrogens with one attached hydrogen (secondary N) is 1. The molecule has 2 rings (SSSR count). The number of carbonyl (C=O) groups excluding carboxylic acids is 2. The number of halogens is 3. The summed E-state index contributed by atoms with van der Waals surface area (Å²) in [4.78, 5) is 26.7. The van der Waals surface area contributed by atoms with Gasteiger partial charge >= 0.3 is 12.2 Å². The maximum absolute atomic E-state index is 12.8. The number of likely N-dealkylation sites (tertiary alicyclic amines) is 1. The smallest absolute Gasteiger partial charge is 0.345 e. The van der Waals surface area contributed by atoms with Gasteiger partial charge in [-0.1, -0.05) is 6.07 Å². The molecule has 0 radical (unpaired) electrons. The van der Waals surface area contributed by atoms with Crippen molar-refractivity contribution in [3.63, 3.8) is 0 Å². The highest BCUT2D eigenvalue weighted by molar-refractivity contribution is 5.96. The minimum absolute atomic E-state index is 0.0418. The van der Waals surface area contributed by atoms with Crippen LogP contribution in [-0.4, -0.2) is 55.1 Å². The van der Waals surface area contributed by atoms with Crippen molar-refractivity contribution in [2.75, 3.05) is 32.5 Å². The van der Waals surface area contributed by atoms with E-state index in [-0.39, 0.29) is 25.4 Å². The maximum Gasteiger partial charge on any atom is 0.393 e. The minimum Gasteiger partial charge on any atom is -0.345 e. The summed E-state index contributed by atoms with van der Waals surface area (Å²) in [6, 6.07) is 5.74. The molecule has 132 valence electrons. The van der Waals surface area contributed by atoms with Crippen LogP contribution >= 0.6 is 0 Å². The van der Waals surface area contributed by atoms with Crippen LogP contribution in [0.1, 0.15) is 23.2 Å². The van der Waals surface area contributed by atoms with E-state index in [1.807, 2.05) is 0 Å². The zero-order valence-corrected chi connectivity index (χ0v) is 13.6. The molecule has 1 fully saturated rings. The van der Waals surface area contributed by atoms with E-state index in [0.717, 1.165) is 0 Å². The quantitative estimate of drug-likeness (QED) is 0.897. The van der Waals surface area contributed by atoms with Gasteiger partial charge in [0.15, 0.2) is 0 Å². The lowest BCUT2D eigenvalue weighted by Crippen LogP contribution is -2.46. The number of alkyl halides is 3. The molecule has 1 aromatic rings. The summed E-state index contributed by atoms with van der Waals surface area (Å²) in [6.45, 7) is -0.0552. The molecule has 0 saturated carbocycles. The summed E-state index contributed by atoms with van der Waals surface area (Å²) >= 11 is 0. The van der Waals surface area contributed by atoms with E-state index in [2.05, 4.69) is 5.32 Å². The van der Waals surface area contributed by atoms with Crippen LogP contribution in [0.3, 0.4) is 0 Å². The largest absolute Gasteiger partial charge is 0.393 e. The molecule has 1 aromatic carbocycles. The molecule has 8 heteroatoms. The standard InChI is InChI=1S/C16H20F3N3O2/c1-21(2)14(23)11-5-3-7-13(9-11)20-15(24)22-8-4-6-12(10-22)16(17,18)19/h3,5,7,9,12H,4,6,8,10H2,1-2H3,(H,20,24). The van der Waals surface area contributed by atoms with Gasteiger partial charge < -0.3 is 15.1 Å². The Labute approximate surface area is 138 Å².